The van der Waals surface area contributed by atoms with E-state index in [4.69, 9.17) is 4.42 Å². The van der Waals surface area contributed by atoms with E-state index in [9.17, 15) is 14.7 Å². The van der Waals surface area contributed by atoms with Gasteiger partial charge in [0.15, 0.2) is 0 Å². The first kappa shape index (κ1) is 21.1. The monoisotopic (exact) mass is 420 g/mol. The number of benzene rings is 2. The van der Waals surface area contributed by atoms with E-state index in [1.165, 1.54) is 12.1 Å². The molecule has 1 amide bonds. The molecule has 1 aromatic heterocycles. The molecule has 0 aliphatic carbocycles. The average molecular weight is 421 g/mol. The Labute approximate surface area is 181 Å². The first-order valence-corrected chi connectivity index (χ1v) is 10.8. The Morgan fingerprint density at radius 2 is 1.77 bits per heavy atom. The summed E-state index contributed by atoms with van der Waals surface area (Å²) in [5.74, 6) is 0.305. The number of carbonyl (C=O) groups is 1. The van der Waals surface area contributed by atoms with Crippen LogP contribution >= 0.6 is 0 Å². The maximum atomic E-state index is 12.7. The first-order valence-electron chi connectivity index (χ1n) is 10.8. The van der Waals surface area contributed by atoms with Crippen molar-refractivity contribution in [2.45, 2.75) is 33.2 Å². The highest BCUT2D eigenvalue weighted by Crippen LogP contribution is 2.27. The molecule has 0 bridgehead atoms. The number of hydrogen-bond acceptors (Lipinski definition) is 5. The Bertz CT molecular complexity index is 1160. The number of aromatic hydroxyl groups is 1. The minimum absolute atomic E-state index is 0.149. The van der Waals surface area contributed by atoms with Crippen LogP contribution in [0, 0.1) is 6.92 Å². The Balaban J connectivity index is 1.44. The van der Waals surface area contributed by atoms with E-state index in [2.05, 4.69) is 4.90 Å². The van der Waals surface area contributed by atoms with E-state index in [1.54, 1.807) is 0 Å². The minimum Gasteiger partial charge on any atom is -0.508 e. The van der Waals surface area contributed by atoms with Gasteiger partial charge in [-0.2, -0.15) is 0 Å². The molecular formula is C25H28N2O4. The lowest BCUT2D eigenvalue weighted by Gasteiger charge is -2.35. The van der Waals surface area contributed by atoms with Crippen molar-refractivity contribution in [3.05, 3.63) is 75.1 Å². The van der Waals surface area contributed by atoms with Gasteiger partial charge in [-0.1, -0.05) is 31.2 Å². The fraction of sp³-hybridized carbons (Fsp3) is 0.360. The Kier molecular flexibility index (Phi) is 6.09. The number of aryl methyl sites for hydroxylation is 2. The normalized spacial score (nSPS) is 14.8. The molecule has 0 radical (unpaired) electrons. The summed E-state index contributed by atoms with van der Waals surface area (Å²) in [4.78, 5) is 28.9. The number of hydrogen-bond donors (Lipinski definition) is 1. The molecule has 162 valence electrons. The maximum absolute atomic E-state index is 12.7. The lowest BCUT2D eigenvalue weighted by atomic mass is 10.0. The van der Waals surface area contributed by atoms with E-state index in [1.807, 2.05) is 49.1 Å². The number of phenols is 1. The van der Waals surface area contributed by atoms with E-state index in [-0.39, 0.29) is 11.7 Å². The number of rotatable bonds is 5. The zero-order valence-corrected chi connectivity index (χ0v) is 18.1. The standard InChI is InChI=1S/C25H28N2O4/c1-3-18-12-21-20(14-25(30)31-23(21)15-22(18)28)16-26-8-10-27(11-9-26)24(29)13-19-7-5-4-6-17(19)2/h4-7,12,14-15,28H,3,8-11,13,16H2,1-2H3. The summed E-state index contributed by atoms with van der Waals surface area (Å²) in [6.07, 6.45) is 1.13. The molecule has 0 saturated carbocycles. The van der Waals surface area contributed by atoms with Crippen molar-refractivity contribution in [3.63, 3.8) is 0 Å². The molecule has 6 heteroatoms. The second-order valence-electron chi connectivity index (χ2n) is 8.18. The van der Waals surface area contributed by atoms with Crippen molar-refractivity contribution in [2.75, 3.05) is 26.2 Å². The molecule has 1 fully saturated rings. The minimum atomic E-state index is -0.418. The zero-order chi connectivity index (χ0) is 22.0. The predicted octanol–water partition coefficient (Wildman–Crippen LogP) is 3.26. The van der Waals surface area contributed by atoms with E-state index in [0.717, 1.165) is 40.7 Å². The van der Waals surface area contributed by atoms with E-state index >= 15 is 0 Å². The van der Waals surface area contributed by atoms with Crippen molar-refractivity contribution < 1.29 is 14.3 Å². The molecule has 0 unspecified atom stereocenters. The van der Waals surface area contributed by atoms with Gasteiger partial charge < -0.3 is 14.4 Å². The van der Waals surface area contributed by atoms with Crippen LogP contribution in [-0.4, -0.2) is 47.0 Å². The molecule has 0 spiro atoms. The highest BCUT2D eigenvalue weighted by atomic mass is 16.4. The van der Waals surface area contributed by atoms with Crippen LogP contribution in [0.2, 0.25) is 0 Å². The number of carbonyl (C=O) groups excluding carboxylic acids is 1. The first-order chi connectivity index (χ1) is 14.9. The molecule has 4 rings (SSSR count). The third kappa shape index (κ3) is 4.64. The highest BCUT2D eigenvalue weighted by Gasteiger charge is 2.22. The summed E-state index contributed by atoms with van der Waals surface area (Å²) in [5, 5.41) is 11.0. The van der Waals surface area contributed by atoms with Crippen LogP contribution < -0.4 is 5.63 Å². The van der Waals surface area contributed by atoms with Crippen molar-refractivity contribution in [3.8, 4) is 5.75 Å². The van der Waals surface area contributed by atoms with Gasteiger partial charge in [-0.15, -0.1) is 0 Å². The van der Waals surface area contributed by atoms with E-state index in [0.29, 0.717) is 38.1 Å². The molecule has 1 saturated heterocycles. The fourth-order valence-corrected chi connectivity index (χ4v) is 4.20. The van der Waals surface area contributed by atoms with Gasteiger partial charge in [-0.25, -0.2) is 4.79 Å². The third-order valence-corrected chi connectivity index (χ3v) is 6.13. The maximum Gasteiger partial charge on any atom is 0.336 e. The summed E-state index contributed by atoms with van der Waals surface area (Å²) in [6.45, 7) is 7.46. The zero-order valence-electron chi connectivity index (χ0n) is 18.1. The Hall–Kier alpha value is -3.12. The SMILES string of the molecule is CCc1cc2c(CN3CCN(C(=O)Cc4ccccc4C)CC3)cc(=O)oc2cc1O. The molecule has 2 heterocycles. The number of fused-ring (bicyclic) bond motifs is 1. The third-order valence-electron chi connectivity index (χ3n) is 6.13. The van der Waals surface area contributed by atoms with Crippen LogP contribution in [0.4, 0.5) is 0 Å². The quantitative estimate of drug-likeness (QED) is 0.642. The predicted molar refractivity (Wildman–Crippen MR) is 120 cm³/mol. The molecule has 3 aromatic rings. The van der Waals surface area contributed by atoms with Gasteiger partial charge in [-0.3, -0.25) is 9.69 Å². The van der Waals surface area contributed by atoms with Crippen LogP contribution in [0.15, 0.2) is 51.7 Å². The molecule has 1 aliphatic rings. The topological polar surface area (TPSA) is 74.0 Å². The molecule has 1 aliphatic heterocycles. The fourth-order valence-electron chi connectivity index (χ4n) is 4.20. The van der Waals surface area contributed by atoms with Crippen molar-refractivity contribution in [2.24, 2.45) is 0 Å². The molecule has 6 nitrogen and oxygen atoms in total. The second-order valence-corrected chi connectivity index (χ2v) is 8.18. The van der Waals surface area contributed by atoms with Crippen molar-refractivity contribution in [1.29, 1.82) is 0 Å². The molecule has 1 N–H and O–H groups in total. The molecule has 2 aromatic carbocycles. The largest absolute Gasteiger partial charge is 0.508 e. The summed E-state index contributed by atoms with van der Waals surface area (Å²) in [7, 11) is 0. The summed E-state index contributed by atoms with van der Waals surface area (Å²) < 4.78 is 5.30. The van der Waals surface area contributed by atoms with Crippen LogP contribution in [0.5, 0.6) is 5.75 Å². The van der Waals surface area contributed by atoms with E-state index < -0.39 is 5.63 Å². The summed E-state index contributed by atoms with van der Waals surface area (Å²) in [6, 6.07) is 13.0. The van der Waals surface area contributed by atoms with Crippen LogP contribution in [-0.2, 0) is 24.2 Å². The average Bonchev–Trinajstić information content (AvgIpc) is 2.75. The number of piperazine rings is 1. The lowest BCUT2D eigenvalue weighted by Crippen LogP contribution is -2.48. The van der Waals surface area contributed by atoms with Gasteiger partial charge in [0.1, 0.15) is 11.3 Å². The van der Waals surface area contributed by atoms with Crippen molar-refractivity contribution >= 4 is 16.9 Å². The van der Waals surface area contributed by atoms with Crippen LogP contribution in [0.25, 0.3) is 11.0 Å². The number of phenolic OH excluding ortho intramolecular Hbond substituents is 1. The number of amides is 1. The van der Waals surface area contributed by atoms with Gasteiger partial charge in [0.25, 0.3) is 0 Å². The highest BCUT2D eigenvalue weighted by molar-refractivity contribution is 5.83. The second kappa shape index (κ2) is 8.94. The number of nitrogens with zero attached hydrogens (tertiary/aromatic N) is 2. The van der Waals surface area contributed by atoms with Crippen LogP contribution in [0.1, 0.15) is 29.2 Å². The summed E-state index contributed by atoms with van der Waals surface area (Å²) in [5.41, 5.74) is 3.92. The Morgan fingerprint density at radius 1 is 1.03 bits per heavy atom. The summed E-state index contributed by atoms with van der Waals surface area (Å²) >= 11 is 0. The van der Waals surface area contributed by atoms with Gasteiger partial charge in [-0.05, 0) is 41.7 Å². The van der Waals surface area contributed by atoms with Gasteiger partial charge in [0.2, 0.25) is 5.91 Å². The molecule has 31 heavy (non-hydrogen) atoms. The van der Waals surface area contributed by atoms with Gasteiger partial charge in [0, 0.05) is 50.2 Å². The molecular weight excluding hydrogens is 392 g/mol. The van der Waals surface area contributed by atoms with Crippen LogP contribution in [0.3, 0.4) is 0 Å². The smallest absolute Gasteiger partial charge is 0.336 e. The molecule has 0 atom stereocenters. The van der Waals surface area contributed by atoms with Crippen molar-refractivity contribution in [1.82, 2.24) is 9.80 Å². The van der Waals surface area contributed by atoms with Gasteiger partial charge >= 0.3 is 5.63 Å². The Morgan fingerprint density at radius 3 is 2.48 bits per heavy atom. The lowest BCUT2D eigenvalue weighted by molar-refractivity contribution is -0.132. The van der Waals surface area contributed by atoms with Gasteiger partial charge in [0.05, 0.1) is 6.42 Å².